The Kier molecular flexibility index (Phi) is 6.62. The number of aromatic nitrogens is 1. The van der Waals surface area contributed by atoms with Crippen LogP contribution in [0.2, 0.25) is 0 Å². The molecule has 0 spiro atoms. The Bertz CT molecular complexity index is 506. The average Bonchev–Trinajstić information content (AvgIpc) is 2.73. The minimum atomic E-state index is -0.0599. The number of nitrogens with zero attached hydrogens (tertiary/aromatic N) is 2. The van der Waals surface area contributed by atoms with Gasteiger partial charge >= 0.3 is 0 Å². The van der Waals surface area contributed by atoms with Crippen molar-refractivity contribution in [1.29, 1.82) is 0 Å². The maximum Gasteiger partial charge on any atom is 0.233 e. The molecule has 0 fully saturated rings. The molecule has 118 valence electrons. The SMILES string of the molecule is CCCN(CC(=O)NC)CC(=O)c1cc(C)n(CC)c1C. The summed E-state index contributed by atoms with van der Waals surface area (Å²) in [5.41, 5.74) is 2.88. The van der Waals surface area contributed by atoms with Gasteiger partial charge in [0.05, 0.1) is 13.1 Å². The van der Waals surface area contributed by atoms with Crippen LogP contribution in [0.15, 0.2) is 6.07 Å². The van der Waals surface area contributed by atoms with E-state index in [4.69, 9.17) is 0 Å². The van der Waals surface area contributed by atoms with Gasteiger partial charge in [0, 0.05) is 30.5 Å². The second-order valence-electron chi connectivity index (χ2n) is 5.34. The van der Waals surface area contributed by atoms with Crippen LogP contribution >= 0.6 is 0 Å². The van der Waals surface area contributed by atoms with E-state index in [0.717, 1.165) is 36.5 Å². The van der Waals surface area contributed by atoms with Crippen LogP contribution in [0.1, 0.15) is 42.0 Å². The van der Waals surface area contributed by atoms with Gasteiger partial charge in [-0.1, -0.05) is 6.92 Å². The third-order valence-corrected chi connectivity index (χ3v) is 3.74. The number of amides is 1. The van der Waals surface area contributed by atoms with Crippen LogP contribution in [0.3, 0.4) is 0 Å². The van der Waals surface area contributed by atoms with Gasteiger partial charge in [0.15, 0.2) is 5.78 Å². The summed E-state index contributed by atoms with van der Waals surface area (Å²) in [4.78, 5) is 25.9. The third-order valence-electron chi connectivity index (χ3n) is 3.74. The van der Waals surface area contributed by atoms with Crippen LogP contribution in [-0.2, 0) is 11.3 Å². The molecule has 0 aliphatic rings. The van der Waals surface area contributed by atoms with Gasteiger partial charge in [-0.05, 0) is 39.8 Å². The van der Waals surface area contributed by atoms with Crippen LogP contribution in [0.5, 0.6) is 0 Å². The molecule has 0 saturated carbocycles. The molecule has 1 N–H and O–H groups in total. The lowest BCUT2D eigenvalue weighted by Gasteiger charge is -2.19. The second-order valence-corrected chi connectivity index (χ2v) is 5.34. The lowest BCUT2D eigenvalue weighted by Crippen LogP contribution is -2.39. The Morgan fingerprint density at radius 3 is 2.38 bits per heavy atom. The Labute approximate surface area is 127 Å². The van der Waals surface area contributed by atoms with Crippen LogP contribution in [-0.4, -0.2) is 47.8 Å². The highest BCUT2D eigenvalue weighted by molar-refractivity contribution is 5.99. The van der Waals surface area contributed by atoms with Crippen LogP contribution in [0.25, 0.3) is 0 Å². The Morgan fingerprint density at radius 1 is 1.24 bits per heavy atom. The summed E-state index contributed by atoms with van der Waals surface area (Å²) < 4.78 is 2.14. The molecule has 1 rings (SSSR count). The molecular weight excluding hydrogens is 266 g/mol. The zero-order valence-corrected chi connectivity index (χ0v) is 13.8. The molecule has 0 aromatic carbocycles. The number of aryl methyl sites for hydroxylation is 1. The lowest BCUT2D eigenvalue weighted by molar-refractivity contribution is -0.121. The summed E-state index contributed by atoms with van der Waals surface area (Å²) in [6.07, 6.45) is 0.915. The summed E-state index contributed by atoms with van der Waals surface area (Å²) in [7, 11) is 1.61. The van der Waals surface area contributed by atoms with Gasteiger partial charge in [-0.15, -0.1) is 0 Å². The van der Waals surface area contributed by atoms with Gasteiger partial charge in [-0.25, -0.2) is 0 Å². The minimum absolute atomic E-state index is 0.0599. The average molecular weight is 293 g/mol. The van der Waals surface area contributed by atoms with Crippen molar-refractivity contribution in [2.24, 2.45) is 0 Å². The number of carbonyl (C=O) groups is 2. The summed E-state index contributed by atoms with van der Waals surface area (Å²) >= 11 is 0. The first-order valence-electron chi connectivity index (χ1n) is 7.57. The van der Waals surface area contributed by atoms with Crippen molar-refractivity contribution in [2.45, 2.75) is 40.7 Å². The first-order chi connectivity index (χ1) is 9.94. The van der Waals surface area contributed by atoms with E-state index in [0.29, 0.717) is 0 Å². The molecule has 21 heavy (non-hydrogen) atoms. The highest BCUT2D eigenvalue weighted by Crippen LogP contribution is 2.16. The molecule has 1 amide bonds. The van der Waals surface area contributed by atoms with Gasteiger partial charge in [-0.2, -0.15) is 0 Å². The second kappa shape index (κ2) is 7.98. The number of likely N-dealkylation sites (N-methyl/N-ethyl adjacent to an activating group) is 1. The van der Waals surface area contributed by atoms with Crippen molar-refractivity contribution in [1.82, 2.24) is 14.8 Å². The van der Waals surface area contributed by atoms with E-state index in [2.05, 4.69) is 16.8 Å². The summed E-state index contributed by atoms with van der Waals surface area (Å²) in [6.45, 7) is 10.3. The van der Waals surface area contributed by atoms with Crippen LogP contribution in [0, 0.1) is 13.8 Å². The Hall–Kier alpha value is -1.62. The molecule has 1 aromatic rings. The van der Waals surface area contributed by atoms with E-state index < -0.39 is 0 Å². The maximum absolute atomic E-state index is 12.5. The molecule has 0 radical (unpaired) electrons. The number of carbonyl (C=O) groups excluding carboxylic acids is 2. The van der Waals surface area contributed by atoms with Gasteiger partial charge in [0.2, 0.25) is 5.91 Å². The van der Waals surface area contributed by atoms with Crippen molar-refractivity contribution in [3.8, 4) is 0 Å². The van der Waals surface area contributed by atoms with Crippen molar-refractivity contribution in [3.63, 3.8) is 0 Å². The molecule has 0 aliphatic heterocycles. The molecule has 1 heterocycles. The minimum Gasteiger partial charge on any atom is -0.358 e. The molecule has 0 atom stereocenters. The zero-order valence-electron chi connectivity index (χ0n) is 13.8. The van der Waals surface area contributed by atoms with Crippen molar-refractivity contribution in [3.05, 3.63) is 23.0 Å². The molecular formula is C16H27N3O2. The molecule has 0 bridgehead atoms. The van der Waals surface area contributed by atoms with E-state index >= 15 is 0 Å². The number of rotatable bonds is 8. The van der Waals surface area contributed by atoms with E-state index in [1.807, 2.05) is 31.7 Å². The fourth-order valence-electron chi connectivity index (χ4n) is 2.67. The first-order valence-corrected chi connectivity index (χ1v) is 7.57. The van der Waals surface area contributed by atoms with Gasteiger partial charge < -0.3 is 9.88 Å². The quantitative estimate of drug-likeness (QED) is 0.743. The number of Topliss-reactive ketones (excluding diaryl/α,β-unsaturated/α-hetero) is 1. The molecule has 0 aliphatic carbocycles. The van der Waals surface area contributed by atoms with E-state index in [9.17, 15) is 9.59 Å². The highest BCUT2D eigenvalue weighted by atomic mass is 16.2. The fraction of sp³-hybridized carbons (Fsp3) is 0.625. The van der Waals surface area contributed by atoms with Crippen LogP contribution in [0.4, 0.5) is 0 Å². The van der Waals surface area contributed by atoms with Crippen molar-refractivity contribution < 1.29 is 9.59 Å². The van der Waals surface area contributed by atoms with Crippen molar-refractivity contribution >= 4 is 11.7 Å². The van der Waals surface area contributed by atoms with Gasteiger partial charge in [-0.3, -0.25) is 14.5 Å². The largest absolute Gasteiger partial charge is 0.358 e. The van der Waals surface area contributed by atoms with E-state index in [1.165, 1.54) is 0 Å². The first kappa shape index (κ1) is 17.4. The summed E-state index contributed by atoms with van der Waals surface area (Å²) in [5, 5.41) is 2.60. The summed E-state index contributed by atoms with van der Waals surface area (Å²) in [6, 6.07) is 1.95. The van der Waals surface area contributed by atoms with E-state index in [-0.39, 0.29) is 24.8 Å². The van der Waals surface area contributed by atoms with Crippen molar-refractivity contribution in [2.75, 3.05) is 26.7 Å². The molecule has 1 aromatic heterocycles. The lowest BCUT2D eigenvalue weighted by atomic mass is 10.1. The van der Waals surface area contributed by atoms with Crippen LogP contribution < -0.4 is 5.32 Å². The Morgan fingerprint density at radius 2 is 1.90 bits per heavy atom. The predicted octanol–water partition coefficient (Wildman–Crippen LogP) is 1.77. The Balaban J connectivity index is 2.84. The molecule has 5 heteroatoms. The fourth-order valence-corrected chi connectivity index (χ4v) is 2.67. The number of hydrogen-bond donors (Lipinski definition) is 1. The number of nitrogens with one attached hydrogen (secondary N) is 1. The standard InChI is InChI=1S/C16H27N3O2/c1-6-8-18(11-16(21)17-5)10-15(20)14-9-12(3)19(7-2)13(14)4/h9H,6-8,10-11H2,1-5H3,(H,17,21). The monoisotopic (exact) mass is 293 g/mol. The molecule has 5 nitrogen and oxygen atoms in total. The summed E-state index contributed by atoms with van der Waals surface area (Å²) in [5.74, 6) is 0.0235. The smallest absolute Gasteiger partial charge is 0.233 e. The number of ketones is 1. The van der Waals surface area contributed by atoms with Gasteiger partial charge in [0.1, 0.15) is 0 Å². The maximum atomic E-state index is 12.5. The topological polar surface area (TPSA) is 54.3 Å². The normalized spacial score (nSPS) is 11.0. The zero-order chi connectivity index (χ0) is 16.0. The molecule has 0 saturated heterocycles. The number of hydrogen-bond acceptors (Lipinski definition) is 3. The highest BCUT2D eigenvalue weighted by Gasteiger charge is 2.19. The third kappa shape index (κ3) is 4.43. The van der Waals surface area contributed by atoms with Gasteiger partial charge in [0.25, 0.3) is 0 Å². The van der Waals surface area contributed by atoms with E-state index in [1.54, 1.807) is 7.05 Å². The molecule has 0 unspecified atom stereocenters. The predicted molar refractivity (Wildman–Crippen MR) is 84.7 cm³/mol.